The van der Waals surface area contributed by atoms with E-state index in [2.05, 4.69) is 0 Å². The molecule has 0 aliphatic heterocycles. The summed E-state index contributed by atoms with van der Waals surface area (Å²) in [6, 6.07) is 6.82. The lowest BCUT2D eigenvalue weighted by Gasteiger charge is -2.02. The Kier molecular flexibility index (Phi) is 4.93. The predicted octanol–water partition coefficient (Wildman–Crippen LogP) is 2.87. The summed E-state index contributed by atoms with van der Waals surface area (Å²) in [5, 5.41) is 9.06. The summed E-state index contributed by atoms with van der Waals surface area (Å²) in [5.74, 6) is 0.215. The summed E-state index contributed by atoms with van der Waals surface area (Å²) in [5.41, 5.74) is 0.472. The maximum absolute atomic E-state index is 10.7. The minimum atomic E-state index is -3.46. The van der Waals surface area contributed by atoms with E-state index in [0.717, 1.165) is 4.90 Å². The Labute approximate surface area is 108 Å². The van der Waals surface area contributed by atoms with Crippen LogP contribution in [0.1, 0.15) is 5.56 Å². The predicted molar refractivity (Wildman–Crippen MR) is 66.5 cm³/mol. The van der Waals surface area contributed by atoms with Crippen molar-refractivity contribution in [2.24, 2.45) is 0 Å². The molecule has 0 amide bonds. The third kappa shape index (κ3) is 4.62. The fourth-order valence-electron chi connectivity index (χ4n) is 0.939. The van der Waals surface area contributed by atoms with E-state index >= 15 is 0 Å². The van der Waals surface area contributed by atoms with Gasteiger partial charge in [-0.2, -0.15) is 5.26 Å². The monoisotopic (exact) mass is 295 g/mol. The molecule has 1 aromatic carbocycles. The number of hydrogen-bond donors (Lipinski definition) is 0. The summed E-state index contributed by atoms with van der Waals surface area (Å²) < 4.78 is 21.4. The number of thioether (sulfide) groups is 1. The van der Waals surface area contributed by atoms with E-state index in [-0.39, 0.29) is 5.75 Å². The van der Waals surface area contributed by atoms with Crippen molar-refractivity contribution in [3.8, 4) is 6.07 Å². The molecule has 16 heavy (non-hydrogen) atoms. The van der Waals surface area contributed by atoms with E-state index in [1.807, 2.05) is 6.07 Å². The molecule has 0 spiro atoms. The molecule has 0 bridgehead atoms. The third-order valence-electron chi connectivity index (χ3n) is 1.65. The number of nitriles is 1. The molecule has 0 saturated heterocycles. The summed E-state index contributed by atoms with van der Waals surface area (Å²) in [6.45, 7) is 0. The number of halogens is 2. The van der Waals surface area contributed by atoms with Crippen LogP contribution < -0.4 is 0 Å². The van der Waals surface area contributed by atoms with Crippen molar-refractivity contribution >= 4 is 43.1 Å². The van der Waals surface area contributed by atoms with Gasteiger partial charge in [0.1, 0.15) is 0 Å². The van der Waals surface area contributed by atoms with Crippen molar-refractivity contribution < 1.29 is 8.42 Å². The number of nitrogens with zero attached hydrogens (tertiary/aromatic N) is 1. The lowest BCUT2D eigenvalue weighted by molar-refractivity contribution is 0.611. The first-order valence-corrected chi connectivity index (χ1v) is 8.01. The van der Waals surface area contributed by atoms with Crippen LogP contribution in [0.15, 0.2) is 23.1 Å². The molecule has 0 atom stereocenters. The fourth-order valence-corrected chi connectivity index (χ4v) is 3.56. The largest absolute Gasteiger partial charge is 0.233 e. The van der Waals surface area contributed by atoms with Gasteiger partial charge in [0.15, 0.2) is 0 Å². The second-order valence-electron chi connectivity index (χ2n) is 2.85. The standard InChI is InChI=1S/C9H7Cl2NO2S2/c10-8-5-7(6-12)1-2-9(8)15-3-4-16(11,13)14/h1-2,5H,3-4H2. The van der Waals surface area contributed by atoms with Crippen LogP contribution in [0.5, 0.6) is 0 Å². The topological polar surface area (TPSA) is 57.9 Å². The van der Waals surface area contributed by atoms with E-state index in [0.29, 0.717) is 16.3 Å². The van der Waals surface area contributed by atoms with Gasteiger partial charge in [0.2, 0.25) is 9.05 Å². The number of hydrogen-bond acceptors (Lipinski definition) is 4. The highest BCUT2D eigenvalue weighted by Gasteiger charge is 2.07. The van der Waals surface area contributed by atoms with Gasteiger partial charge in [0.05, 0.1) is 22.4 Å². The smallest absolute Gasteiger partial charge is 0.212 e. The first-order valence-electron chi connectivity index (χ1n) is 4.17. The second kappa shape index (κ2) is 5.78. The van der Waals surface area contributed by atoms with Crippen molar-refractivity contribution in [3.63, 3.8) is 0 Å². The summed E-state index contributed by atoms with van der Waals surface area (Å²) in [4.78, 5) is 0.737. The lowest BCUT2D eigenvalue weighted by Crippen LogP contribution is -1.99. The second-order valence-corrected chi connectivity index (χ2v) is 7.29. The van der Waals surface area contributed by atoms with Crippen molar-refractivity contribution in [2.45, 2.75) is 4.90 Å². The Morgan fingerprint density at radius 3 is 2.62 bits per heavy atom. The van der Waals surface area contributed by atoms with E-state index in [9.17, 15) is 8.42 Å². The highest BCUT2D eigenvalue weighted by Crippen LogP contribution is 2.28. The van der Waals surface area contributed by atoms with Gasteiger partial charge in [0.25, 0.3) is 0 Å². The summed E-state index contributed by atoms with van der Waals surface area (Å²) >= 11 is 7.19. The molecule has 86 valence electrons. The molecular formula is C9H7Cl2NO2S2. The number of rotatable bonds is 4. The first-order chi connectivity index (χ1) is 7.42. The highest BCUT2D eigenvalue weighted by atomic mass is 35.7. The van der Waals surface area contributed by atoms with Gasteiger partial charge in [-0.25, -0.2) is 8.42 Å². The zero-order valence-electron chi connectivity index (χ0n) is 7.98. The fraction of sp³-hybridized carbons (Fsp3) is 0.222. The van der Waals surface area contributed by atoms with Gasteiger partial charge >= 0.3 is 0 Å². The Morgan fingerprint density at radius 2 is 2.12 bits per heavy atom. The lowest BCUT2D eigenvalue weighted by atomic mass is 10.2. The Balaban J connectivity index is 2.66. The summed E-state index contributed by atoms with van der Waals surface area (Å²) in [7, 11) is 1.61. The van der Waals surface area contributed by atoms with E-state index < -0.39 is 9.05 Å². The van der Waals surface area contributed by atoms with Gasteiger partial charge in [-0.15, -0.1) is 11.8 Å². The minimum absolute atomic E-state index is 0.116. The quantitative estimate of drug-likeness (QED) is 0.633. The molecule has 1 rings (SSSR count). The van der Waals surface area contributed by atoms with Crippen LogP contribution in [-0.4, -0.2) is 19.9 Å². The summed E-state index contributed by atoms with van der Waals surface area (Å²) in [6.07, 6.45) is 0. The molecule has 0 aliphatic carbocycles. The molecule has 3 nitrogen and oxygen atoms in total. The van der Waals surface area contributed by atoms with Crippen molar-refractivity contribution in [3.05, 3.63) is 28.8 Å². The zero-order valence-corrected chi connectivity index (χ0v) is 11.1. The van der Waals surface area contributed by atoms with Crippen LogP contribution in [0.2, 0.25) is 5.02 Å². The van der Waals surface area contributed by atoms with Gasteiger partial charge < -0.3 is 0 Å². The van der Waals surface area contributed by atoms with E-state index in [1.165, 1.54) is 11.8 Å². The molecule has 0 heterocycles. The molecule has 1 aromatic rings. The zero-order chi connectivity index (χ0) is 12.2. The van der Waals surface area contributed by atoms with Crippen LogP contribution in [-0.2, 0) is 9.05 Å². The van der Waals surface area contributed by atoms with Crippen molar-refractivity contribution in [1.29, 1.82) is 5.26 Å². The van der Waals surface area contributed by atoms with Gasteiger partial charge in [-0.05, 0) is 18.2 Å². The Bertz CT molecular complexity index is 523. The minimum Gasteiger partial charge on any atom is -0.212 e. The molecule has 0 aromatic heterocycles. The molecule has 0 aliphatic rings. The van der Waals surface area contributed by atoms with Gasteiger partial charge in [0, 0.05) is 21.3 Å². The van der Waals surface area contributed by atoms with Crippen molar-refractivity contribution in [2.75, 3.05) is 11.5 Å². The SMILES string of the molecule is N#Cc1ccc(SCCS(=O)(=O)Cl)c(Cl)c1. The molecular weight excluding hydrogens is 289 g/mol. The highest BCUT2D eigenvalue weighted by molar-refractivity contribution is 8.14. The Morgan fingerprint density at radius 1 is 1.44 bits per heavy atom. The van der Waals surface area contributed by atoms with E-state index in [1.54, 1.807) is 18.2 Å². The maximum atomic E-state index is 10.7. The molecule has 0 radical (unpaired) electrons. The average Bonchev–Trinajstić information content (AvgIpc) is 2.18. The Hall–Kier alpha value is -0.410. The van der Waals surface area contributed by atoms with Crippen LogP contribution >= 0.6 is 34.0 Å². The van der Waals surface area contributed by atoms with Gasteiger partial charge in [-0.1, -0.05) is 11.6 Å². The van der Waals surface area contributed by atoms with Crippen LogP contribution in [0.25, 0.3) is 0 Å². The number of benzene rings is 1. The maximum Gasteiger partial charge on any atom is 0.233 e. The first kappa shape index (κ1) is 13.7. The molecule has 7 heteroatoms. The molecule has 0 N–H and O–H groups in total. The van der Waals surface area contributed by atoms with Crippen LogP contribution in [0.3, 0.4) is 0 Å². The molecule has 0 unspecified atom stereocenters. The van der Waals surface area contributed by atoms with E-state index in [4.69, 9.17) is 27.5 Å². The molecule has 0 fully saturated rings. The normalized spacial score (nSPS) is 11.1. The van der Waals surface area contributed by atoms with Crippen molar-refractivity contribution in [1.82, 2.24) is 0 Å². The molecule has 0 saturated carbocycles. The average molecular weight is 296 g/mol. The third-order valence-corrected chi connectivity index (χ3v) is 4.56. The van der Waals surface area contributed by atoms with Gasteiger partial charge in [-0.3, -0.25) is 0 Å². The van der Waals surface area contributed by atoms with Crippen LogP contribution in [0, 0.1) is 11.3 Å². The van der Waals surface area contributed by atoms with Crippen LogP contribution in [0.4, 0.5) is 0 Å².